The molecule has 1 fully saturated rings. The monoisotopic (exact) mass is 288 g/mol. The van der Waals surface area contributed by atoms with Crippen LogP contribution >= 0.6 is 0 Å². The summed E-state index contributed by atoms with van der Waals surface area (Å²) < 4.78 is 5.35. The lowest BCUT2D eigenvalue weighted by atomic mass is 9.92. The lowest BCUT2D eigenvalue weighted by molar-refractivity contribution is -0.115. The first-order valence-corrected chi connectivity index (χ1v) is 7.45. The highest BCUT2D eigenvalue weighted by Crippen LogP contribution is 2.24. The van der Waals surface area contributed by atoms with Crippen molar-refractivity contribution in [2.75, 3.05) is 18.5 Å². The van der Waals surface area contributed by atoms with Gasteiger partial charge in [0, 0.05) is 30.5 Å². The quantitative estimate of drug-likeness (QED) is 0.890. The van der Waals surface area contributed by atoms with Crippen LogP contribution in [0.2, 0.25) is 0 Å². The van der Waals surface area contributed by atoms with Crippen LogP contribution in [-0.4, -0.2) is 31.1 Å². The fraction of sp³-hybridized carbons (Fsp3) is 0.500. The molecule has 2 aliphatic rings. The maximum atomic E-state index is 12.3. The summed E-state index contributed by atoms with van der Waals surface area (Å²) in [4.78, 5) is 23.7. The molecular weight excluding hydrogens is 268 g/mol. The predicted molar refractivity (Wildman–Crippen MR) is 79.2 cm³/mol. The number of carbonyl (C=O) groups is 2. The number of hydrogen-bond acceptors (Lipinski definition) is 3. The highest BCUT2D eigenvalue weighted by Gasteiger charge is 2.23. The maximum Gasteiger partial charge on any atom is 0.251 e. The second-order valence-corrected chi connectivity index (χ2v) is 5.81. The Bertz CT molecular complexity index is 565. The van der Waals surface area contributed by atoms with Crippen LogP contribution in [-0.2, 0) is 16.0 Å². The van der Waals surface area contributed by atoms with Gasteiger partial charge in [-0.1, -0.05) is 6.07 Å². The van der Waals surface area contributed by atoms with Crippen LogP contribution in [0.15, 0.2) is 18.2 Å². The largest absolute Gasteiger partial charge is 0.381 e. The first kappa shape index (κ1) is 14.1. The van der Waals surface area contributed by atoms with Gasteiger partial charge in [0.25, 0.3) is 5.91 Å². The molecule has 0 aliphatic carbocycles. The van der Waals surface area contributed by atoms with E-state index in [0.29, 0.717) is 17.9 Å². The van der Waals surface area contributed by atoms with Gasteiger partial charge in [-0.3, -0.25) is 9.59 Å². The van der Waals surface area contributed by atoms with Gasteiger partial charge in [-0.25, -0.2) is 0 Å². The number of ether oxygens (including phenoxy) is 1. The van der Waals surface area contributed by atoms with E-state index in [0.717, 1.165) is 37.3 Å². The Morgan fingerprint density at radius 1 is 1.38 bits per heavy atom. The Kier molecular flexibility index (Phi) is 3.92. The van der Waals surface area contributed by atoms with E-state index in [4.69, 9.17) is 4.74 Å². The van der Waals surface area contributed by atoms with Crippen molar-refractivity contribution in [1.29, 1.82) is 0 Å². The standard InChI is InChI=1S/C16H20N2O3/c1-10(11-4-6-21-7-5-11)17-16(20)13-3-2-12-9-15(19)18-14(12)8-13/h2-3,8,10-11H,4-7,9H2,1H3,(H,17,20)(H,18,19). The number of nitrogens with one attached hydrogen (secondary N) is 2. The number of rotatable bonds is 3. The first-order chi connectivity index (χ1) is 10.1. The summed E-state index contributed by atoms with van der Waals surface area (Å²) in [5, 5.41) is 5.83. The minimum Gasteiger partial charge on any atom is -0.381 e. The van der Waals surface area contributed by atoms with Crippen LogP contribution in [0.3, 0.4) is 0 Å². The molecule has 3 rings (SSSR count). The number of carbonyl (C=O) groups excluding carboxylic acids is 2. The van der Waals surface area contributed by atoms with Crippen LogP contribution in [0.5, 0.6) is 0 Å². The molecule has 112 valence electrons. The van der Waals surface area contributed by atoms with Crippen LogP contribution in [0, 0.1) is 5.92 Å². The number of hydrogen-bond donors (Lipinski definition) is 2. The summed E-state index contributed by atoms with van der Waals surface area (Å²) in [6.07, 6.45) is 2.37. The molecule has 5 nitrogen and oxygen atoms in total. The lowest BCUT2D eigenvalue weighted by Gasteiger charge is -2.28. The second-order valence-electron chi connectivity index (χ2n) is 5.81. The summed E-state index contributed by atoms with van der Waals surface area (Å²) in [5.41, 5.74) is 2.30. The highest BCUT2D eigenvalue weighted by molar-refractivity contribution is 6.02. The van der Waals surface area contributed by atoms with Crippen molar-refractivity contribution >= 4 is 17.5 Å². The molecule has 0 bridgehead atoms. The van der Waals surface area contributed by atoms with Gasteiger partial charge in [0.15, 0.2) is 0 Å². The Morgan fingerprint density at radius 3 is 2.90 bits per heavy atom. The normalized spacial score (nSPS) is 19.8. The van der Waals surface area contributed by atoms with Crippen LogP contribution in [0.1, 0.15) is 35.7 Å². The average molecular weight is 288 g/mol. The molecule has 1 saturated heterocycles. The zero-order valence-corrected chi connectivity index (χ0v) is 12.1. The maximum absolute atomic E-state index is 12.3. The van der Waals surface area contributed by atoms with E-state index in [2.05, 4.69) is 10.6 Å². The van der Waals surface area contributed by atoms with E-state index in [1.165, 1.54) is 0 Å². The third-order valence-corrected chi connectivity index (χ3v) is 4.33. The average Bonchev–Trinajstić information content (AvgIpc) is 2.87. The predicted octanol–water partition coefficient (Wildman–Crippen LogP) is 1.73. The molecule has 1 aromatic rings. The number of fused-ring (bicyclic) bond motifs is 1. The number of anilines is 1. The minimum absolute atomic E-state index is 0.0156. The summed E-state index contributed by atoms with van der Waals surface area (Å²) >= 11 is 0. The van der Waals surface area contributed by atoms with Crippen molar-refractivity contribution in [3.63, 3.8) is 0 Å². The molecule has 2 heterocycles. The molecule has 1 atom stereocenters. The van der Waals surface area contributed by atoms with Crippen LogP contribution in [0.4, 0.5) is 5.69 Å². The Labute approximate surface area is 124 Å². The second kappa shape index (κ2) is 5.85. The molecule has 2 N–H and O–H groups in total. The van der Waals surface area contributed by atoms with Crippen molar-refractivity contribution in [3.8, 4) is 0 Å². The van der Waals surface area contributed by atoms with E-state index in [-0.39, 0.29) is 17.9 Å². The van der Waals surface area contributed by atoms with E-state index < -0.39 is 0 Å². The summed E-state index contributed by atoms with van der Waals surface area (Å²) in [5.74, 6) is 0.368. The van der Waals surface area contributed by atoms with Gasteiger partial charge in [0.1, 0.15) is 0 Å². The smallest absolute Gasteiger partial charge is 0.251 e. The van der Waals surface area contributed by atoms with Gasteiger partial charge in [-0.15, -0.1) is 0 Å². The van der Waals surface area contributed by atoms with E-state index in [1.807, 2.05) is 13.0 Å². The third kappa shape index (κ3) is 3.08. The van der Waals surface area contributed by atoms with Gasteiger partial charge in [-0.05, 0) is 43.4 Å². The molecule has 21 heavy (non-hydrogen) atoms. The van der Waals surface area contributed by atoms with Gasteiger partial charge in [-0.2, -0.15) is 0 Å². The molecule has 0 spiro atoms. The molecule has 2 aliphatic heterocycles. The van der Waals surface area contributed by atoms with Crippen molar-refractivity contribution in [3.05, 3.63) is 29.3 Å². The minimum atomic E-state index is -0.0852. The molecule has 5 heteroatoms. The fourth-order valence-corrected chi connectivity index (χ4v) is 2.98. The lowest BCUT2D eigenvalue weighted by Crippen LogP contribution is -2.40. The molecule has 0 saturated carbocycles. The Morgan fingerprint density at radius 2 is 2.14 bits per heavy atom. The van der Waals surface area contributed by atoms with Gasteiger partial charge >= 0.3 is 0 Å². The molecule has 1 aromatic carbocycles. The molecule has 2 amide bonds. The van der Waals surface area contributed by atoms with E-state index in [9.17, 15) is 9.59 Å². The van der Waals surface area contributed by atoms with E-state index >= 15 is 0 Å². The summed E-state index contributed by atoms with van der Waals surface area (Å²) in [6, 6.07) is 5.52. The van der Waals surface area contributed by atoms with Crippen molar-refractivity contribution in [2.24, 2.45) is 5.92 Å². The zero-order valence-electron chi connectivity index (χ0n) is 12.1. The molecule has 0 aromatic heterocycles. The van der Waals surface area contributed by atoms with Crippen LogP contribution < -0.4 is 10.6 Å². The van der Waals surface area contributed by atoms with Crippen molar-refractivity contribution in [2.45, 2.75) is 32.2 Å². The SMILES string of the molecule is CC(NC(=O)c1ccc2c(c1)NC(=O)C2)C1CCOCC1. The van der Waals surface area contributed by atoms with Crippen LogP contribution in [0.25, 0.3) is 0 Å². The highest BCUT2D eigenvalue weighted by atomic mass is 16.5. The third-order valence-electron chi connectivity index (χ3n) is 4.33. The fourth-order valence-electron chi connectivity index (χ4n) is 2.98. The Balaban J connectivity index is 1.65. The molecular formula is C16H20N2O3. The zero-order chi connectivity index (χ0) is 14.8. The first-order valence-electron chi connectivity index (χ1n) is 7.45. The van der Waals surface area contributed by atoms with Crippen molar-refractivity contribution in [1.82, 2.24) is 5.32 Å². The topological polar surface area (TPSA) is 67.4 Å². The van der Waals surface area contributed by atoms with Crippen molar-refractivity contribution < 1.29 is 14.3 Å². The summed E-state index contributed by atoms with van der Waals surface area (Å²) in [7, 11) is 0. The number of benzene rings is 1. The molecule has 1 unspecified atom stereocenters. The van der Waals surface area contributed by atoms with E-state index in [1.54, 1.807) is 12.1 Å². The summed E-state index contributed by atoms with van der Waals surface area (Å²) in [6.45, 7) is 3.59. The van der Waals surface area contributed by atoms with Gasteiger partial charge in [0.05, 0.1) is 6.42 Å². The number of amides is 2. The van der Waals surface area contributed by atoms with Gasteiger partial charge < -0.3 is 15.4 Å². The van der Waals surface area contributed by atoms with Gasteiger partial charge in [0.2, 0.25) is 5.91 Å². The molecule has 0 radical (unpaired) electrons. The Hall–Kier alpha value is -1.88.